The molecule has 0 radical (unpaired) electrons. The fraction of sp³-hybridized carbons (Fsp3) is 0.333. The fourth-order valence-corrected chi connectivity index (χ4v) is 3.02. The van der Waals surface area contributed by atoms with Crippen molar-refractivity contribution in [3.05, 3.63) is 64.7 Å². The highest BCUT2D eigenvalue weighted by Crippen LogP contribution is 2.21. The molecule has 1 N–H and O–H groups in total. The molecule has 2 aromatic carbocycles. The lowest BCUT2D eigenvalue weighted by Crippen LogP contribution is -2.50. The normalized spacial score (nSPS) is 17.3. The summed E-state index contributed by atoms with van der Waals surface area (Å²) in [4.78, 5) is 26.3. The van der Waals surface area contributed by atoms with Gasteiger partial charge in [-0.25, -0.2) is 0 Å². The van der Waals surface area contributed by atoms with Crippen molar-refractivity contribution >= 4 is 17.5 Å². The smallest absolute Gasteiger partial charge is 0.253 e. The average Bonchev–Trinajstić information content (AvgIpc) is 2.63. The molecule has 1 atom stereocenters. The second-order valence-corrected chi connectivity index (χ2v) is 6.73. The van der Waals surface area contributed by atoms with E-state index in [2.05, 4.69) is 5.32 Å². The average molecular weight is 352 g/mol. The Morgan fingerprint density at radius 1 is 1.12 bits per heavy atom. The molecule has 3 rings (SSSR count). The van der Waals surface area contributed by atoms with Gasteiger partial charge in [0, 0.05) is 17.8 Å². The molecule has 2 aromatic rings. The monoisotopic (exact) mass is 352 g/mol. The van der Waals surface area contributed by atoms with E-state index in [1.54, 1.807) is 11.0 Å². The van der Waals surface area contributed by atoms with Gasteiger partial charge in [0.15, 0.2) is 0 Å². The van der Waals surface area contributed by atoms with Crippen LogP contribution in [0.5, 0.6) is 0 Å². The number of amides is 2. The molecule has 1 saturated heterocycles. The van der Waals surface area contributed by atoms with Gasteiger partial charge in [-0.05, 0) is 55.7 Å². The van der Waals surface area contributed by atoms with E-state index >= 15 is 0 Å². The number of carbonyl (C=O) groups is 2. The molecule has 5 heteroatoms. The Balaban J connectivity index is 1.64. The van der Waals surface area contributed by atoms with Crippen molar-refractivity contribution in [3.63, 3.8) is 0 Å². The molecule has 0 saturated carbocycles. The second-order valence-electron chi connectivity index (χ2n) is 6.73. The third-order valence-electron chi connectivity index (χ3n) is 4.81. The SMILES string of the molecule is Cc1ccc(N2CC(CNC(=O)c3ccccc3C)OCC2=O)cc1C. The molecule has 26 heavy (non-hydrogen) atoms. The Kier molecular flexibility index (Phi) is 5.38. The zero-order valence-corrected chi connectivity index (χ0v) is 15.4. The zero-order chi connectivity index (χ0) is 18.7. The van der Waals surface area contributed by atoms with Crippen molar-refractivity contribution in [2.75, 3.05) is 24.6 Å². The zero-order valence-electron chi connectivity index (χ0n) is 15.4. The Morgan fingerprint density at radius 2 is 1.88 bits per heavy atom. The van der Waals surface area contributed by atoms with E-state index in [-0.39, 0.29) is 24.5 Å². The van der Waals surface area contributed by atoms with Crippen molar-refractivity contribution in [2.45, 2.75) is 26.9 Å². The minimum Gasteiger partial charge on any atom is -0.365 e. The Morgan fingerprint density at radius 3 is 2.62 bits per heavy atom. The third-order valence-corrected chi connectivity index (χ3v) is 4.81. The number of aryl methyl sites for hydroxylation is 3. The summed E-state index contributed by atoms with van der Waals surface area (Å²) in [6.07, 6.45) is -0.234. The number of nitrogens with one attached hydrogen (secondary N) is 1. The van der Waals surface area contributed by atoms with Gasteiger partial charge in [-0.15, -0.1) is 0 Å². The highest BCUT2D eigenvalue weighted by molar-refractivity contribution is 5.96. The molecule has 0 spiro atoms. The third kappa shape index (κ3) is 3.94. The highest BCUT2D eigenvalue weighted by Gasteiger charge is 2.28. The van der Waals surface area contributed by atoms with Crippen molar-refractivity contribution < 1.29 is 14.3 Å². The number of nitrogens with zero attached hydrogens (tertiary/aromatic N) is 1. The number of anilines is 1. The molecule has 136 valence electrons. The Bertz CT molecular complexity index is 832. The van der Waals surface area contributed by atoms with Gasteiger partial charge in [-0.1, -0.05) is 24.3 Å². The van der Waals surface area contributed by atoms with Crippen LogP contribution in [0.3, 0.4) is 0 Å². The van der Waals surface area contributed by atoms with Gasteiger partial charge in [0.05, 0.1) is 12.6 Å². The number of ether oxygens (including phenoxy) is 1. The van der Waals surface area contributed by atoms with Crippen LogP contribution in [0.15, 0.2) is 42.5 Å². The topological polar surface area (TPSA) is 58.6 Å². The number of hydrogen-bond donors (Lipinski definition) is 1. The van der Waals surface area contributed by atoms with Crippen molar-refractivity contribution in [1.29, 1.82) is 0 Å². The molecule has 1 fully saturated rings. The first-order valence-corrected chi connectivity index (χ1v) is 8.79. The standard InChI is InChI=1S/C21H24N2O3/c1-14-8-9-17(10-16(14)3)23-12-18(26-13-20(23)24)11-22-21(25)19-7-5-4-6-15(19)2/h4-10,18H,11-13H2,1-3H3,(H,22,25). The molecular weight excluding hydrogens is 328 g/mol. The number of rotatable bonds is 4. The van der Waals surface area contributed by atoms with Crippen molar-refractivity contribution in [3.8, 4) is 0 Å². The first-order chi connectivity index (χ1) is 12.5. The lowest BCUT2D eigenvalue weighted by Gasteiger charge is -2.33. The van der Waals surface area contributed by atoms with Gasteiger partial charge in [-0.2, -0.15) is 0 Å². The number of benzene rings is 2. The van der Waals surface area contributed by atoms with Gasteiger partial charge in [0.25, 0.3) is 11.8 Å². The van der Waals surface area contributed by atoms with Crippen LogP contribution in [0.2, 0.25) is 0 Å². The number of hydrogen-bond acceptors (Lipinski definition) is 3. The molecule has 2 amide bonds. The molecule has 0 aliphatic carbocycles. The molecule has 0 bridgehead atoms. The lowest BCUT2D eigenvalue weighted by atomic mass is 10.1. The van der Waals surface area contributed by atoms with Gasteiger partial charge >= 0.3 is 0 Å². The van der Waals surface area contributed by atoms with Crippen LogP contribution in [-0.2, 0) is 9.53 Å². The summed E-state index contributed by atoms with van der Waals surface area (Å²) in [6.45, 7) is 6.80. The summed E-state index contributed by atoms with van der Waals surface area (Å²) >= 11 is 0. The first-order valence-electron chi connectivity index (χ1n) is 8.79. The van der Waals surface area contributed by atoms with Crippen LogP contribution >= 0.6 is 0 Å². The van der Waals surface area contributed by atoms with E-state index in [0.29, 0.717) is 18.7 Å². The Hall–Kier alpha value is -2.66. The summed E-state index contributed by atoms with van der Waals surface area (Å²) in [5, 5.41) is 2.91. The van der Waals surface area contributed by atoms with Gasteiger partial charge < -0.3 is 15.0 Å². The van der Waals surface area contributed by atoms with Gasteiger partial charge in [0.1, 0.15) is 6.61 Å². The fourth-order valence-electron chi connectivity index (χ4n) is 3.02. The van der Waals surface area contributed by atoms with Crippen LogP contribution in [-0.4, -0.2) is 37.6 Å². The van der Waals surface area contributed by atoms with Crippen molar-refractivity contribution in [2.24, 2.45) is 0 Å². The van der Waals surface area contributed by atoms with Crippen LogP contribution in [0.25, 0.3) is 0 Å². The van der Waals surface area contributed by atoms with Gasteiger partial charge in [-0.3, -0.25) is 9.59 Å². The highest BCUT2D eigenvalue weighted by atomic mass is 16.5. The van der Waals surface area contributed by atoms with E-state index in [4.69, 9.17) is 4.74 Å². The van der Waals surface area contributed by atoms with Crippen LogP contribution in [0.1, 0.15) is 27.0 Å². The van der Waals surface area contributed by atoms with Crippen LogP contribution < -0.4 is 10.2 Å². The summed E-state index contributed by atoms with van der Waals surface area (Å²) in [6, 6.07) is 13.4. The predicted molar refractivity (Wildman–Crippen MR) is 102 cm³/mol. The molecular formula is C21H24N2O3. The predicted octanol–water partition coefficient (Wildman–Crippen LogP) is 2.77. The van der Waals surface area contributed by atoms with E-state index in [1.165, 1.54) is 5.56 Å². The Labute approximate surface area is 154 Å². The first kappa shape index (κ1) is 18.1. The maximum atomic E-state index is 12.4. The van der Waals surface area contributed by atoms with Crippen LogP contribution in [0.4, 0.5) is 5.69 Å². The van der Waals surface area contributed by atoms with Crippen molar-refractivity contribution in [1.82, 2.24) is 5.32 Å². The van der Waals surface area contributed by atoms with E-state index in [1.807, 2.05) is 57.2 Å². The minimum absolute atomic E-state index is 0.0256. The number of carbonyl (C=O) groups excluding carboxylic acids is 2. The molecule has 1 heterocycles. The molecule has 1 aliphatic heterocycles. The van der Waals surface area contributed by atoms with Gasteiger partial charge in [0.2, 0.25) is 0 Å². The number of morpholine rings is 1. The van der Waals surface area contributed by atoms with E-state index in [0.717, 1.165) is 16.8 Å². The summed E-state index contributed by atoms with van der Waals surface area (Å²) in [5.74, 6) is -0.184. The minimum atomic E-state index is -0.234. The summed E-state index contributed by atoms with van der Waals surface area (Å²) in [5.41, 5.74) is 4.80. The van der Waals surface area contributed by atoms with E-state index < -0.39 is 0 Å². The summed E-state index contributed by atoms with van der Waals surface area (Å²) < 4.78 is 5.61. The maximum Gasteiger partial charge on any atom is 0.253 e. The molecule has 0 aromatic heterocycles. The largest absolute Gasteiger partial charge is 0.365 e. The lowest BCUT2D eigenvalue weighted by molar-refractivity contribution is -0.129. The molecule has 1 aliphatic rings. The maximum absolute atomic E-state index is 12.4. The van der Waals surface area contributed by atoms with E-state index in [9.17, 15) is 9.59 Å². The second kappa shape index (κ2) is 7.70. The molecule has 1 unspecified atom stereocenters. The summed E-state index contributed by atoms with van der Waals surface area (Å²) in [7, 11) is 0. The quantitative estimate of drug-likeness (QED) is 0.920. The van der Waals surface area contributed by atoms with Crippen LogP contribution in [0, 0.1) is 20.8 Å². The molecule has 5 nitrogen and oxygen atoms in total.